The lowest BCUT2D eigenvalue weighted by atomic mass is 9.99. The van der Waals surface area contributed by atoms with Crippen LogP contribution >= 0.6 is 0 Å². The Kier molecular flexibility index (Phi) is 21.2. The van der Waals surface area contributed by atoms with Crippen LogP contribution in [0.2, 0.25) is 0 Å². The van der Waals surface area contributed by atoms with Gasteiger partial charge in [0.05, 0.1) is 19.2 Å². The summed E-state index contributed by atoms with van der Waals surface area (Å²) >= 11 is 0. The minimum atomic E-state index is -1.59. The third kappa shape index (κ3) is 21.0. The number of alkyl carbamates (subject to hydrolysis) is 1. The van der Waals surface area contributed by atoms with E-state index < -0.39 is 96.2 Å². The second-order valence-electron chi connectivity index (χ2n) is 16.9. The number of hydrogen-bond donors (Lipinski definition) is 9. The van der Waals surface area contributed by atoms with Crippen molar-refractivity contribution >= 4 is 41.6 Å². The number of aliphatic carboxylic acids is 1. The fourth-order valence-corrected chi connectivity index (χ4v) is 5.28. The number of aliphatic hydroxyl groups excluding tert-OH is 1. The molecule has 0 radical (unpaired) electrons. The molecule has 0 bridgehead atoms. The molecule has 0 heterocycles. The molecule has 1 aromatic carbocycles. The van der Waals surface area contributed by atoms with Crippen molar-refractivity contribution < 1.29 is 53.2 Å². The molecule has 0 aliphatic carbocycles. The summed E-state index contributed by atoms with van der Waals surface area (Å²) in [6.07, 6.45) is 0.504. The number of ether oxygens (including phenoxy) is 2. The van der Waals surface area contributed by atoms with Crippen LogP contribution in [0.1, 0.15) is 100 Å². The van der Waals surface area contributed by atoms with E-state index in [0.29, 0.717) is 24.2 Å². The first-order valence-electron chi connectivity index (χ1n) is 19.6. The van der Waals surface area contributed by atoms with Gasteiger partial charge in [0.15, 0.2) is 0 Å². The van der Waals surface area contributed by atoms with E-state index in [0.717, 1.165) is 0 Å². The van der Waals surface area contributed by atoms with E-state index in [-0.39, 0.29) is 37.6 Å². The van der Waals surface area contributed by atoms with Crippen molar-refractivity contribution in [2.75, 3.05) is 19.7 Å². The molecule has 0 unspecified atom stereocenters. The molecule has 1 aromatic rings. The van der Waals surface area contributed by atoms with Crippen LogP contribution in [0.15, 0.2) is 24.3 Å². The SMILES string of the molecule is CC(C)C[C@H](NC(=O)[C@H](CCCCNC(=O)OC(C)(C)C)NC(=O)[C@@H](N)C(C)C)C(=O)N[C@@H](Cc1ccc(OC(C)(C)C)cc1)C(=O)NCC(=O)N[C@@H](CO)C(=O)O. The molecule has 1 rings (SSSR count). The van der Waals surface area contributed by atoms with Gasteiger partial charge in [-0.2, -0.15) is 0 Å². The Bertz CT molecular complexity index is 1520. The van der Waals surface area contributed by atoms with Crippen LogP contribution in [-0.2, 0) is 39.9 Å². The van der Waals surface area contributed by atoms with Crippen molar-refractivity contribution in [2.45, 2.75) is 143 Å². The van der Waals surface area contributed by atoms with Gasteiger partial charge in [0.1, 0.15) is 41.1 Å². The van der Waals surface area contributed by atoms with Crippen LogP contribution in [0.5, 0.6) is 5.75 Å². The Morgan fingerprint density at radius 3 is 1.79 bits per heavy atom. The first-order chi connectivity index (χ1) is 26.8. The summed E-state index contributed by atoms with van der Waals surface area (Å²) in [6, 6.07) is 0.816. The van der Waals surface area contributed by atoms with Crippen LogP contribution in [0.4, 0.5) is 4.79 Å². The first kappa shape index (κ1) is 51.0. The van der Waals surface area contributed by atoms with Crippen LogP contribution in [0.3, 0.4) is 0 Å². The molecular weight excluding hydrogens is 754 g/mol. The highest BCUT2D eigenvalue weighted by atomic mass is 16.6. The van der Waals surface area contributed by atoms with E-state index in [9.17, 15) is 38.7 Å². The largest absolute Gasteiger partial charge is 0.488 e. The normalized spacial score (nSPS) is 14.2. The smallest absolute Gasteiger partial charge is 0.407 e. The fraction of sp³-hybridized carbons (Fsp3) is 0.675. The van der Waals surface area contributed by atoms with E-state index in [4.69, 9.17) is 20.3 Å². The minimum absolute atomic E-state index is 0.0468. The van der Waals surface area contributed by atoms with Gasteiger partial charge in [-0.3, -0.25) is 24.0 Å². The molecule has 0 aliphatic heterocycles. The molecule has 18 nitrogen and oxygen atoms in total. The molecule has 0 aliphatic rings. The number of hydrogen-bond acceptors (Lipinski definition) is 11. The highest BCUT2D eigenvalue weighted by Crippen LogP contribution is 2.19. The van der Waals surface area contributed by atoms with Gasteiger partial charge in [0.25, 0.3) is 0 Å². The first-order valence-corrected chi connectivity index (χ1v) is 19.6. The van der Waals surface area contributed by atoms with Crippen molar-refractivity contribution in [3.8, 4) is 5.75 Å². The zero-order valence-electron chi connectivity index (χ0n) is 35.7. The summed E-state index contributed by atoms with van der Waals surface area (Å²) in [5, 5.41) is 33.7. The zero-order valence-corrected chi connectivity index (χ0v) is 35.7. The number of carbonyl (C=O) groups excluding carboxylic acids is 6. The number of amides is 6. The molecule has 18 heteroatoms. The van der Waals surface area contributed by atoms with E-state index in [1.54, 1.807) is 58.9 Å². The number of carboxylic acids is 1. The summed E-state index contributed by atoms with van der Waals surface area (Å²) in [4.78, 5) is 90.1. The van der Waals surface area contributed by atoms with Crippen LogP contribution in [0, 0.1) is 11.8 Å². The Balaban J connectivity index is 3.30. The lowest BCUT2D eigenvalue weighted by Gasteiger charge is -2.27. The van der Waals surface area contributed by atoms with Crippen LogP contribution < -0.4 is 42.4 Å². The highest BCUT2D eigenvalue weighted by Gasteiger charge is 2.32. The lowest BCUT2D eigenvalue weighted by molar-refractivity contribution is -0.142. The van der Waals surface area contributed by atoms with Gasteiger partial charge in [-0.05, 0) is 96.8 Å². The molecule has 10 N–H and O–H groups in total. The third-order valence-electron chi connectivity index (χ3n) is 8.24. The van der Waals surface area contributed by atoms with Gasteiger partial charge in [0.2, 0.25) is 29.5 Å². The maximum absolute atomic E-state index is 14.0. The lowest BCUT2D eigenvalue weighted by Crippen LogP contribution is -2.59. The van der Waals surface area contributed by atoms with E-state index >= 15 is 0 Å². The van der Waals surface area contributed by atoms with Crippen LogP contribution in [0.25, 0.3) is 0 Å². The third-order valence-corrected chi connectivity index (χ3v) is 8.24. The Morgan fingerprint density at radius 1 is 0.707 bits per heavy atom. The number of carboxylic acid groups (broad SMARTS) is 1. The Morgan fingerprint density at radius 2 is 1.28 bits per heavy atom. The standard InChI is InChI=1S/C40H67N7O11/c1-23(2)19-28(46-34(51)27(45-36(53)32(41)24(3)4)13-11-12-18-42-38(56)58-40(8,9)10)35(52)47-29(20-25-14-16-26(17-15-25)57-39(5,6)7)33(50)43-21-31(49)44-30(22-48)37(54)55/h14-17,23-24,27-30,32,48H,11-13,18-22,41H2,1-10H3,(H,42,56)(H,43,50)(H,44,49)(H,45,53)(H,46,51)(H,47,52)(H,54,55)/t27-,28-,29-,30-,32-/m0/s1. The van der Waals surface area contributed by atoms with E-state index in [1.807, 2.05) is 34.6 Å². The average molecular weight is 822 g/mol. The van der Waals surface area contributed by atoms with Crippen molar-refractivity contribution in [3.63, 3.8) is 0 Å². The number of benzene rings is 1. The van der Waals surface area contributed by atoms with Gasteiger partial charge in [-0.25, -0.2) is 9.59 Å². The number of nitrogens with one attached hydrogen (secondary N) is 6. The predicted molar refractivity (Wildman–Crippen MR) is 216 cm³/mol. The number of aliphatic hydroxyl groups is 1. The molecule has 5 atom stereocenters. The van der Waals surface area contributed by atoms with Crippen molar-refractivity contribution in [1.29, 1.82) is 0 Å². The molecule has 0 fully saturated rings. The second-order valence-corrected chi connectivity index (χ2v) is 16.9. The summed E-state index contributed by atoms with van der Waals surface area (Å²) < 4.78 is 11.1. The van der Waals surface area contributed by atoms with Gasteiger partial charge in [-0.1, -0.05) is 39.8 Å². The summed E-state index contributed by atoms with van der Waals surface area (Å²) in [6.45, 7) is 16.8. The average Bonchev–Trinajstić information content (AvgIpc) is 3.10. The summed E-state index contributed by atoms with van der Waals surface area (Å²) in [7, 11) is 0. The molecule has 0 saturated carbocycles. The second kappa shape index (κ2) is 24.1. The fourth-order valence-electron chi connectivity index (χ4n) is 5.28. The maximum atomic E-state index is 14.0. The number of rotatable bonds is 23. The maximum Gasteiger partial charge on any atom is 0.407 e. The summed E-state index contributed by atoms with van der Waals surface area (Å²) in [5.74, 6) is -4.83. The van der Waals surface area contributed by atoms with Crippen molar-refractivity contribution in [2.24, 2.45) is 17.6 Å². The minimum Gasteiger partial charge on any atom is -0.488 e. The molecule has 58 heavy (non-hydrogen) atoms. The monoisotopic (exact) mass is 821 g/mol. The number of carbonyl (C=O) groups is 7. The van der Waals surface area contributed by atoms with Gasteiger partial charge in [0, 0.05) is 13.0 Å². The van der Waals surface area contributed by atoms with Crippen molar-refractivity contribution in [3.05, 3.63) is 29.8 Å². The quantitative estimate of drug-likeness (QED) is 0.0706. The van der Waals surface area contributed by atoms with Gasteiger partial charge in [-0.15, -0.1) is 0 Å². The highest BCUT2D eigenvalue weighted by molar-refractivity contribution is 5.95. The molecule has 0 spiro atoms. The summed E-state index contributed by atoms with van der Waals surface area (Å²) in [5.41, 5.74) is 5.55. The van der Waals surface area contributed by atoms with Crippen molar-refractivity contribution in [1.82, 2.24) is 31.9 Å². The van der Waals surface area contributed by atoms with Crippen LogP contribution in [-0.4, -0.2) is 113 Å². The molecule has 0 aromatic heterocycles. The molecular formula is C40H67N7O11. The molecule has 328 valence electrons. The predicted octanol–water partition coefficient (Wildman–Crippen LogP) is 1.26. The van der Waals surface area contributed by atoms with Gasteiger partial charge < -0.3 is 57.3 Å². The topological polar surface area (TPSA) is 277 Å². The zero-order chi connectivity index (χ0) is 44.4. The Hall–Kier alpha value is -4.97. The van der Waals surface area contributed by atoms with E-state index in [1.165, 1.54) is 0 Å². The van der Waals surface area contributed by atoms with E-state index in [2.05, 4.69) is 31.9 Å². The number of nitrogens with two attached hydrogens (primary N) is 1. The number of unbranched alkanes of at least 4 members (excludes halogenated alkanes) is 1. The Labute approximate surface area is 341 Å². The van der Waals surface area contributed by atoms with Gasteiger partial charge >= 0.3 is 12.1 Å². The molecule has 0 saturated heterocycles. The molecule has 6 amide bonds.